The third kappa shape index (κ3) is 2.77. The van der Waals surface area contributed by atoms with Crippen LogP contribution in [0.2, 0.25) is 0 Å². The summed E-state index contributed by atoms with van der Waals surface area (Å²) in [5.74, 6) is 0.00280. The van der Waals surface area contributed by atoms with Gasteiger partial charge >= 0.3 is 0 Å². The Kier molecular flexibility index (Phi) is 4.47. The molecule has 2 rings (SSSR count). The lowest BCUT2D eigenvalue weighted by molar-refractivity contribution is 0.102. The van der Waals surface area contributed by atoms with Crippen LogP contribution in [0.1, 0.15) is 35.9 Å². The Morgan fingerprint density at radius 2 is 2.05 bits per heavy atom. The van der Waals surface area contributed by atoms with Crippen LogP contribution in [0.3, 0.4) is 0 Å². The van der Waals surface area contributed by atoms with Gasteiger partial charge in [-0.2, -0.15) is 5.10 Å². The van der Waals surface area contributed by atoms with Crippen molar-refractivity contribution in [1.82, 2.24) is 9.78 Å². The summed E-state index contributed by atoms with van der Waals surface area (Å²) in [6, 6.07) is 7.79. The Bertz CT molecular complexity index is 607. The summed E-state index contributed by atoms with van der Waals surface area (Å²) in [6.45, 7) is 4.02. The third-order valence-corrected chi connectivity index (χ3v) is 4.18. The van der Waals surface area contributed by atoms with Crippen molar-refractivity contribution in [1.29, 1.82) is 0 Å². The zero-order valence-electron chi connectivity index (χ0n) is 11.1. The molecule has 5 heteroatoms. The summed E-state index contributed by atoms with van der Waals surface area (Å²) in [5.41, 5.74) is 1.33. The molecule has 2 aromatic rings. The molecule has 1 heterocycles. The molecule has 19 heavy (non-hydrogen) atoms. The molecule has 0 unspecified atom stereocenters. The monoisotopic (exact) mass is 338 g/mol. The Morgan fingerprint density at radius 1 is 1.37 bits per heavy atom. The van der Waals surface area contributed by atoms with Gasteiger partial charge in [-0.3, -0.25) is 9.48 Å². The van der Waals surface area contributed by atoms with E-state index in [0.29, 0.717) is 5.69 Å². The average Bonchev–Trinajstić information content (AvgIpc) is 2.80. The molecular weight excluding hydrogens is 324 g/mol. The summed E-state index contributed by atoms with van der Waals surface area (Å²) >= 11 is 4.99. The summed E-state index contributed by atoms with van der Waals surface area (Å²) in [4.78, 5) is 13.7. The van der Waals surface area contributed by atoms with Gasteiger partial charge in [0.1, 0.15) is 5.69 Å². The van der Waals surface area contributed by atoms with Gasteiger partial charge < -0.3 is 0 Å². The number of hydrogen-bond donors (Lipinski definition) is 0. The first-order chi connectivity index (χ1) is 9.06. The topological polar surface area (TPSA) is 34.9 Å². The molecular formula is C14H15BrN2OS. The second-order valence-corrected chi connectivity index (χ2v) is 6.11. The number of carbonyl (C=O) groups is 1. The second-order valence-electron chi connectivity index (χ2n) is 4.41. The van der Waals surface area contributed by atoms with E-state index in [1.165, 1.54) is 0 Å². The van der Waals surface area contributed by atoms with Crippen LogP contribution in [0.15, 0.2) is 39.8 Å². The number of hydrogen-bond acceptors (Lipinski definition) is 3. The van der Waals surface area contributed by atoms with Gasteiger partial charge in [0, 0.05) is 16.5 Å². The lowest BCUT2D eigenvalue weighted by atomic mass is 10.1. The van der Waals surface area contributed by atoms with Gasteiger partial charge in [-0.05, 0) is 48.2 Å². The summed E-state index contributed by atoms with van der Waals surface area (Å²) in [7, 11) is 0. The molecule has 0 aliphatic rings. The third-order valence-electron chi connectivity index (χ3n) is 2.81. The maximum absolute atomic E-state index is 12.7. The molecule has 1 aromatic carbocycles. The quantitative estimate of drug-likeness (QED) is 0.619. The highest BCUT2D eigenvalue weighted by molar-refractivity contribution is 9.10. The number of nitrogens with zero attached hydrogens (tertiary/aromatic N) is 2. The predicted molar refractivity (Wildman–Crippen MR) is 82.0 cm³/mol. The van der Waals surface area contributed by atoms with Crippen LogP contribution in [-0.4, -0.2) is 21.8 Å². The van der Waals surface area contributed by atoms with Crippen molar-refractivity contribution in [3.05, 3.63) is 46.2 Å². The fourth-order valence-electron chi connectivity index (χ4n) is 1.91. The van der Waals surface area contributed by atoms with E-state index in [1.54, 1.807) is 22.6 Å². The molecule has 3 nitrogen and oxygen atoms in total. The zero-order valence-corrected chi connectivity index (χ0v) is 13.5. The van der Waals surface area contributed by atoms with Crippen LogP contribution in [0.5, 0.6) is 0 Å². The summed E-state index contributed by atoms with van der Waals surface area (Å²) in [6.07, 6.45) is 3.65. The Morgan fingerprint density at radius 3 is 2.68 bits per heavy atom. The van der Waals surface area contributed by atoms with Crippen LogP contribution in [0.25, 0.3) is 0 Å². The van der Waals surface area contributed by atoms with Gasteiger partial charge in [-0.25, -0.2) is 0 Å². The van der Waals surface area contributed by atoms with Gasteiger partial charge in [-0.15, -0.1) is 11.8 Å². The largest absolute Gasteiger partial charge is 0.287 e. The minimum absolute atomic E-state index is 0.00280. The molecule has 0 N–H and O–H groups in total. The van der Waals surface area contributed by atoms with Gasteiger partial charge in [-0.1, -0.05) is 12.1 Å². The smallest absolute Gasteiger partial charge is 0.213 e. The first-order valence-corrected chi connectivity index (χ1v) is 7.98. The Balaban J connectivity index is 2.53. The highest BCUT2D eigenvalue weighted by atomic mass is 79.9. The van der Waals surface area contributed by atoms with E-state index >= 15 is 0 Å². The van der Waals surface area contributed by atoms with Crippen molar-refractivity contribution in [3.63, 3.8) is 0 Å². The van der Waals surface area contributed by atoms with Crippen molar-refractivity contribution in [2.45, 2.75) is 24.8 Å². The van der Waals surface area contributed by atoms with Crippen LogP contribution in [-0.2, 0) is 0 Å². The first kappa shape index (κ1) is 14.3. The van der Waals surface area contributed by atoms with Crippen LogP contribution in [0, 0.1) is 0 Å². The number of rotatable bonds is 4. The average molecular weight is 339 g/mol. The fourth-order valence-corrected chi connectivity index (χ4v) is 2.95. The summed E-state index contributed by atoms with van der Waals surface area (Å²) < 4.78 is 2.49. The highest BCUT2D eigenvalue weighted by Gasteiger charge is 2.22. The molecule has 1 aromatic heterocycles. The number of ketones is 1. The van der Waals surface area contributed by atoms with E-state index in [9.17, 15) is 4.79 Å². The maximum atomic E-state index is 12.7. The zero-order chi connectivity index (χ0) is 14.0. The van der Waals surface area contributed by atoms with Crippen molar-refractivity contribution < 1.29 is 4.79 Å². The molecule has 0 amide bonds. The Labute approximate surface area is 125 Å². The van der Waals surface area contributed by atoms with Crippen molar-refractivity contribution in [3.8, 4) is 0 Å². The van der Waals surface area contributed by atoms with E-state index in [0.717, 1.165) is 14.9 Å². The summed E-state index contributed by atoms with van der Waals surface area (Å²) in [5, 5.41) is 4.26. The SMILES string of the molecule is CSc1ccccc1C(=O)c1c(Br)cnn1C(C)C. The number of aromatic nitrogens is 2. The molecule has 0 aliphatic heterocycles. The number of halogens is 1. The van der Waals surface area contributed by atoms with E-state index in [-0.39, 0.29) is 11.8 Å². The lowest BCUT2D eigenvalue weighted by Gasteiger charge is -2.12. The minimum atomic E-state index is 0.00280. The molecule has 0 saturated heterocycles. The highest BCUT2D eigenvalue weighted by Crippen LogP contribution is 2.27. The molecule has 0 aliphatic carbocycles. The van der Waals surface area contributed by atoms with E-state index in [1.807, 2.05) is 44.4 Å². The molecule has 0 radical (unpaired) electrons. The lowest BCUT2D eigenvalue weighted by Crippen LogP contribution is -2.14. The molecule has 0 spiro atoms. The van der Waals surface area contributed by atoms with E-state index < -0.39 is 0 Å². The van der Waals surface area contributed by atoms with Crippen LogP contribution >= 0.6 is 27.7 Å². The number of carbonyl (C=O) groups excluding carboxylic acids is 1. The van der Waals surface area contributed by atoms with Crippen molar-refractivity contribution in [2.24, 2.45) is 0 Å². The predicted octanol–water partition coefficient (Wildman–Crippen LogP) is 4.18. The van der Waals surface area contributed by atoms with Crippen molar-refractivity contribution >= 4 is 33.5 Å². The van der Waals surface area contributed by atoms with Crippen LogP contribution < -0.4 is 0 Å². The Hall–Kier alpha value is -1.07. The fraction of sp³-hybridized carbons (Fsp3) is 0.286. The molecule has 0 atom stereocenters. The second kappa shape index (κ2) is 5.92. The van der Waals surface area contributed by atoms with E-state index in [4.69, 9.17) is 0 Å². The van der Waals surface area contributed by atoms with Gasteiger partial charge in [0.15, 0.2) is 0 Å². The van der Waals surface area contributed by atoms with Crippen molar-refractivity contribution in [2.75, 3.05) is 6.26 Å². The molecule has 0 bridgehead atoms. The molecule has 0 saturated carbocycles. The minimum Gasteiger partial charge on any atom is -0.287 e. The van der Waals surface area contributed by atoms with Gasteiger partial charge in [0.25, 0.3) is 0 Å². The van der Waals surface area contributed by atoms with Crippen LogP contribution in [0.4, 0.5) is 0 Å². The normalized spacial score (nSPS) is 11.0. The first-order valence-electron chi connectivity index (χ1n) is 5.97. The molecule has 100 valence electrons. The van der Waals surface area contributed by atoms with Gasteiger partial charge in [0.05, 0.1) is 10.7 Å². The number of benzene rings is 1. The standard InChI is InChI=1S/C14H15BrN2OS/c1-9(2)17-13(11(15)8-16-17)14(18)10-6-4-5-7-12(10)19-3/h4-9H,1-3H3. The molecule has 0 fully saturated rings. The van der Waals surface area contributed by atoms with Gasteiger partial charge in [0.2, 0.25) is 5.78 Å². The maximum Gasteiger partial charge on any atom is 0.213 e. The number of thioether (sulfide) groups is 1. The van der Waals surface area contributed by atoms with E-state index in [2.05, 4.69) is 21.0 Å².